The van der Waals surface area contributed by atoms with Crippen molar-refractivity contribution in [2.45, 2.75) is 0 Å². The predicted octanol–water partition coefficient (Wildman–Crippen LogP) is -8.87. The van der Waals surface area contributed by atoms with Gasteiger partial charge in [0.05, 0.1) is 35.8 Å². The summed E-state index contributed by atoms with van der Waals surface area (Å²) in [6.45, 7) is 0. The van der Waals surface area contributed by atoms with Crippen LogP contribution in [-0.2, 0) is 28.8 Å². The van der Waals surface area contributed by atoms with Gasteiger partial charge in [0.1, 0.15) is 0 Å². The summed E-state index contributed by atoms with van der Waals surface area (Å²) in [5.74, 6) is -9.28. The molecule has 0 saturated carbocycles. The third-order valence-electron chi connectivity index (χ3n) is 1.07. The Labute approximate surface area is 210 Å². The summed E-state index contributed by atoms with van der Waals surface area (Å²) in [7, 11) is 0. The zero-order valence-electron chi connectivity index (χ0n) is 12.3. The number of hydrogen-bond donors (Lipinski definition) is 0. The topological polar surface area (TPSA) is 241 Å². The molecule has 0 aliphatic carbocycles. The Hall–Kier alpha value is -1.28. The van der Waals surface area contributed by atoms with Crippen molar-refractivity contribution >= 4 is 35.8 Å². The molecule has 136 valence electrons. The van der Waals surface area contributed by atoms with Gasteiger partial charge in [0.15, 0.2) is 0 Å². The molecule has 0 bridgehead atoms. The summed E-state index contributed by atoms with van der Waals surface area (Å²) in [4.78, 5) is 56.5. The van der Waals surface area contributed by atoms with E-state index in [0.717, 1.165) is 0 Å². The van der Waals surface area contributed by atoms with Crippen LogP contribution in [0, 0.1) is 80.8 Å². The average molecular weight is 632 g/mol. The second-order valence-electron chi connectivity index (χ2n) is 2.91. The fourth-order valence-electron chi connectivity index (χ4n) is 0.408. The van der Waals surface area contributed by atoms with Crippen molar-refractivity contribution in [1.29, 1.82) is 0 Å². The number of hydrogen-bond acceptors (Lipinski definition) is 12. The third kappa shape index (κ3) is 56.9. The van der Waals surface area contributed by atoms with Crippen LogP contribution in [0.4, 0.5) is 0 Å². The van der Waals surface area contributed by atoms with E-state index < -0.39 is 35.8 Å². The van der Waals surface area contributed by atoms with Gasteiger partial charge in [-0.1, -0.05) is 0 Å². The van der Waals surface area contributed by atoms with Gasteiger partial charge in [0.2, 0.25) is 0 Å². The monoisotopic (exact) mass is 632 g/mol. The van der Waals surface area contributed by atoms with Crippen LogP contribution in [0.1, 0.15) is 0 Å². The molecule has 0 aromatic rings. The van der Waals surface area contributed by atoms with E-state index in [1.54, 1.807) is 0 Å². The Morgan fingerprint density at radius 2 is 0.423 bits per heavy atom. The second kappa shape index (κ2) is 23.7. The van der Waals surface area contributed by atoms with E-state index in [9.17, 15) is 59.4 Å². The summed E-state index contributed by atoms with van der Waals surface area (Å²) in [6, 6.07) is 0. The van der Waals surface area contributed by atoms with Gasteiger partial charge in [-0.05, 0) is 36.5 Å². The molecule has 0 aliphatic rings. The molecule has 26 heavy (non-hydrogen) atoms. The molecule has 0 radical (unpaired) electrons. The van der Waals surface area contributed by atoms with Crippen LogP contribution < -0.4 is 30.6 Å². The molecular formula is C12H6O12Pm2. The molecule has 14 heteroatoms. The second-order valence-corrected chi connectivity index (χ2v) is 2.91. The third-order valence-corrected chi connectivity index (χ3v) is 1.07. The standard InChI is InChI=1S/3C4H4O4.2Pm/c3*5-3(6)1-2-4(7)8;;/h3*1-2H,(H,5,6)(H,7,8);;/q;;;2*+3/p-6/b3*2-1-;;. The van der Waals surface area contributed by atoms with Crippen LogP contribution in [-0.4, -0.2) is 35.8 Å². The van der Waals surface area contributed by atoms with Crippen LogP contribution in [0.15, 0.2) is 36.5 Å². The molecule has 0 saturated heterocycles. The summed E-state index contributed by atoms with van der Waals surface area (Å²) in [5, 5.41) is 56.5. The van der Waals surface area contributed by atoms with E-state index in [2.05, 4.69) is 0 Å². The Morgan fingerprint density at radius 3 is 0.462 bits per heavy atom. The van der Waals surface area contributed by atoms with Crippen molar-refractivity contribution < 1.29 is 140 Å². The molecule has 0 aromatic heterocycles. The molecule has 0 N–H and O–H groups in total. The van der Waals surface area contributed by atoms with E-state index in [4.69, 9.17) is 0 Å². The van der Waals surface area contributed by atoms with Crippen molar-refractivity contribution in [1.82, 2.24) is 0 Å². The molecule has 0 fully saturated rings. The fourth-order valence-corrected chi connectivity index (χ4v) is 0.408. The number of aliphatic carboxylic acids is 6. The quantitative estimate of drug-likeness (QED) is 0.248. The molecule has 0 amide bonds. The first-order valence-corrected chi connectivity index (χ1v) is 5.18. The molecule has 0 atom stereocenters. The summed E-state index contributed by atoms with van der Waals surface area (Å²) < 4.78 is 0. The molecule has 0 heterocycles. The van der Waals surface area contributed by atoms with Crippen molar-refractivity contribution in [3.8, 4) is 0 Å². The smallest absolute Gasteiger partial charge is 0.545 e. The molecule has 0 aromatic carbocycles. The van der Waals surface area contributed by atoms with E-state index in [-0.39, 0.29) is 80.8 Å². The average Bonchev–Trinajstić information content (AvgIpc) is 2.42. The maximum atomic E-state index is 9.41. The maximum Gasteiger partial charge on any atom is 3.00 e. The predicted molar refractivity (Wildman–Crippen MR) is 57.5 cm³/mol. The summed E-state index contributed by atoms with van der Waals surface area (Å²) in [6.07, 6.45) is 2.31. The van der Waals surface area contributed by atoms with Gasteiger partial charge in [-0.15, -0.1) is 0 Å². The minimum atomic E-state index is -1.55. The van der Waals surface area contributed by atoms with Crippen LogP contribution in [0.2, 0.25) is 0 Å². The Morgan fingerprint density at radius 1 is 0.346 bits per heavy atom. The van der Waals surface area contributed by atoms with Crippen molar-refractivity contribution in [2.75, 3.05) is 0 Å². The minimum absolute atomic E-state index is 0. The number of carbonyl (C=O) groups is 6. The van der Waals surface area contributed by atoms with E-state index >= 15 is 0 Å². The van der Waals surface area contributed by atoms with Crippen LogP contribution in [0.5, 0.6) is 0 Å². The molecule has 0 spiro atoms. The van der Waals surface area contributed by atoms with Gasteiger partial charge in [-0.3, -0.25) is 0 Å². The van der Waals surface area contributed by atoms with Gasteiger partial charge >= 0.3 is 80.8 Å². The number of rotatable bonds is 6. The molecule has 12 nitrogen and oxygen atoms in total. The Bertz CT molecular complexity index is 448. The van der Waals surface area contributed by atoms with E-state index in [0.29, 0.717) is 36.5 Å². The fraction of sp³-hybridized carbons (Fsp3) is 0. The summed E-state index contributed by atoms with van der Waals surface area (Å²) in [5.41, 5.74) is 0. The molecule has 0 unspecified atom stereocenters. The maximum absolute atomic E-state index is 9.41. The van der Waals surface area contributed by atoms with Crippen LogP contribution in [0.3, 0.4) is 0 Å². The van der Waals surface area contributed by atoms with Crippen molar-refractivity contribution in [3.63, 3.8) is 0 Å². The van der Waals surface area contributed by atoms with Gasteiger partial charge in [0, 0.05) is 0 Å². The van der Waals surface area contributed by atoms with Gasteiger partial charge in [0.25, 0.3) is 0 Å². The first kappa shape index (κ1) is 35.8. The zero-order chi connectivity index (χ0) is 19.7. The number of carboxylic acids is 6. The largest absolute Gasteiger partial charge is 3.00 e. The normalized spacial score (nSPS) is 8.77. The molecular weight excluding hydrogens is 626 g/mol. The first-order chi connectivity index (χ1) is 10.9. The van der Waals surface area contributed by atoms with Crippen molar-refractivity contribution in [2.24, 2.45) is 0 Å². The molecule has 0 rings (SSSR count). The Balaban J connectivity index is -0.0000000817. The number of carbonyl (C=O) groups excluding carboxylic acids is 6. The first-order valence-electron chi connectivity index (χ1n) is 5.18. The van der Waals surface area contributed by atoms with E-state index in [1.807, 2.05) is 0 Å². The Kier molecular flexibility index (Phi) is 32.6. The van der Waals surface area contributed by atoms with E-state index in [1.165, 1.54) is 0 Å². The van der Waals surface area contributed by atoms with Gasteiger partial charge in [-0.2, -0.15) is 0 Å². The summed E-state index contributed by atoms with van der Waals surface area (Å²) >= 11 is 0. The number of carboxylic acid groups (broad SMARTS) is 6. The van der Waals surface area contributed by atoms with Crippen LogP contribution in [0.25, 0.3) is 0 Å². The van der Waals surface area contributed by atoms with Crippen molar-refractivity contribution in [3.05, 3.63) is 36.5 Å². The zero-order valence-corrected chi connectivity index (χ0v) is 18.0. The minimum Gasteiger partial charge on any atom is -0.545 e. The SMILES string of the molecule is O=C([O-])/C=C\C(=O)[O-].O=C([O-])/C=C\C(=O)[O-].O=C([O-])/C=C\C(=O)[O-].[Pm+3].[Pm+3]. The van der Waals surface area contributed by atoms with Gasteiger partial charge < -0.3 is 59.4 Å². The van der Waals surface area contributed by atoms with Gasteiger partial charge in [-0.25, -0.2) is 0 Å². The van der Waals surface area contributed by atoms with Crippen LogP contribution >= 0.6 is 0 Å². The molecule has 0 aliphatic heterocycles.